The molecule has 5 heteroatoms. The lowest BCUT2D eigenvalue weighted by molar-refractivity contribution is 0.0696. The van der Waals surface area contributed by atoms with Gasteiger partial charge in [-0.3, -0.25) is 4.68 Å². The van der Waals surface area contributed by atoms with Gasteiger partial charge < -0.3 is 9.84 Å². The van der Waals surface area contributed by atoms with Crippen molar-refractivity contribution in [2.24, 2.45) is 0 Å². The molecule has 5 nitrogen and oxygen atoms in total. The number of carbonyl (C=O) groups is 1. The molecule has 2 rings (SSSR count). The molecular weight excluding hydrogens is 184 g/mol. The van der Waals surface area contributed by atoms with E-state index < -0.39 is 5.97 Å². The standard InChI is InChI=1S/C9H12N2O3/c1-6-8(9(12)13)4-10-11(6)7-2-3-14-5-7/h4,7H,2-3,5H2,1H3,(H,12,13)/t7-/m0/s1. The Kier molecular flexibility index (Phi) is 2.25. The number of hydrogen-bond acceptors (Lipinski definition) is 3. The number of aromatic carboxylic acids is 1. The van der Waals surface area contributed by atoms with E-state index in [1.165, 1.54) is 6.20 Å². The maximum Gasteiger partial charge on any atom is 0.339 e. The van der Waals surface area contributed by atoms with Gasteiger partial charge in [-0.1, -0.05) is 0 Å². The van der Waals surface area contributed by atoms with Gasteiger partial charge in [0.25, 0.3) is 0 Å². The second-order valence-corrected chi connectivity index (χ2v) is 3.41. The molecule has 1 aromatic rings. The van der Waals surface area contributed by atoms with Gasteiger partial charge >= 0.3 is 5.97 Å². The Hall–Kier alpha value is -1.36. The quantitative estimate of drug-likeness (QED) is 0.761. The van der Waals surface area contributed by atoms with Crippen LogP contribution in [-0.4, -0.2) is 34.1 Å². The van der Waals surface area contributed by atoms with Gasteiger partial charge in [0.05, 0.1) is 24.5 Å². The number of aromatic nitrogens is 2. The summed E-state index contributed by atoms with van der Waals surface area (Å²) in [5.74, 6) is -0.923. The van der Waals surface area contributed by atoms with Gasteiger partial charge in [0.1, 0.15) is 5.56 Å². The minimum Gasteiger partial charge on any atom is -0.478 e. The van der Waals surface area contributed by atoms with E-state index in [9.17, 15) is 4.79 Å². The van der Waals surface area contributed by atoms with Gasteiger partial charge in [-0.05, 0) is 13.3 Å². The molecule has 0 radical (unpaired) electrons. The summed E-state index contributed by atoms with van der Waals surface area (Å²) in [6.07, 6.45) is 2.30. The van der Waals surface area contributed by atoms with Crippen molar-refractivity contribution in [1.29, 1.82) is 0 Å². The zero-order valence-corrected chi connectivity index (χ0v) is 7.93. The maximum atomic E-state index is 10.8. The van der Waals surface area contributed by atoms with Crippen LogP contribution in [0.25, 0.3) is 0 Å². The first-order valence-electron chi connectivity index (χ1n) is 4.55. The molecule has 0 aliphatic carbocycles. The summed E-state index contributed by atoms with van der Waals surface area (Å²) in [5.41, 5.74) is 0.977. The average Bonchev–Trinajstić information content (AvgIpc) is 2.71. The smallest absolute Gasteiger partial charge is 0.339 e. The third kappa shape index (κ3) is 1.39. The Bertz CT molecular complexity index is 353. The van der Waals surface area contributed by atoms with Crippen LogP contribution in [0.1, 0.15) is 28.5 Å². The van der Waals surface area contributed by atoms with Gasteiger partial charge in [-0.25, -0.2) is 4.79 Å². The van der Waals surface area contributed by atoms with Crippen molar-refractivity contribution in [1.82, 2.24) is 9.78 Å². The highest BCUT2D eigenvalue weighted by Crippen LogP contribution is 2.21. The van der Waals surface area contributed by atoms with Crippen molar-refractivity contribution in [3.63, 3.8) is 0 Å². The molecule has 0 amide bonds. The molecule has 0 aromatic carbocycles. The monoisotopic (exact) mass is 196 g/mol. The topological polar surface area (TPSA) is 64.3 Å². The van der Waals surface area contributed by atoms with Crippen molar-refractivity contribution < 1.29 is 14.6 Å². The lowest BCUT2D eigenvalue weighted by atomic mass is 10.2. The van der Waals surface area contributed by atoms with E-state index in [1.54, 1.807) is 11.6 Å². The first-order valence-corrected chi connectivity index (χ1v) is 4.55. The van der Waals surface area contributed by atoms with Gasteiger partial charge in [0.15, 0.2) is 0 Å². The Morgan fingerprint density at radius 3 is 3.07 bits per heavy atom. The molecule has 76 valence electrons. The molecule has 0 saturated carbocycles. The molecule has 1 N–H and O–H groups in total. The molecule has 1 saturated heterocycles. The highest BCUT2D eigenvalue weighted by Gasteiger charge is 2.22. The highest BCUT2D eigenvalue weighted by molar-refractivity contribution is 5.88. The molecule has 1 atom stereocenters. The van der Waals surface area contributed by atoms with Crippen LogP contribution < -0.4 is 0 Å². The predicted octanol–water partition coefficient (Wildman–Crippen LogP) is 0.851. The molecule has 2 heterocycles. The van der Waals surface area contributed by atoms with E-state index in [4.69, 9.17) is 9.84 Å². The summed E-state index contributed by atoms with van der Waals surface area (Å²) in [4.78, 5) is 10.8. The Labute approximate surface area is 81.3 Å². The second kappa shape index (κ2) is 3.42. The second-order valence-electron chi connectivity index (χ2n) is 3.41. The Balaban J connectivity index is 2.30. The summed E-state index contributed by atoms with van der Waals surface area (Å²) in [6, 6.07) is 0.197. The van der Waals surface area contributed by atoms with Crippen LogP contribution in [0.3, 0.4) is 0 Å². The van der Waals surface area contributed by atoms with Crippen LogP contribution in [0.5, 0.6) is 0 Å². The van der Waals surface area contributed by atoms with Crippen molar-refractivity contribution in [3.05, 3.63) is 17.5 Å². The van der Waals surface area contributed by atoms with E-state index in [1.807, 2.05) is 0 Å². The molecule has 1 fully saturated rings. The first-order chi connectivity index (χ1) is 6.70. The van der Waals surface area contributed by atoms with Crippen molar-refractivity contribution in [3.8, 4) is 0 Å². The van der Waals surface area contributed by atoms with Gasteiger partial charge in [-0.15, -0.1) is 0 Å². The van der Waals surface area contributed by atoms with Crippen LogP contribution in [-0.2, 0) is 4.74 Å². The zero-order valence-electron chi connectivity index (χ0n) is 7.93. The molecule has 0 spiro atoms. The van der Waals surface area contributed by atoms with E-state index in [-0.39, 0.29) is 11.6 Å². The number of nitrogens with zero attached hydrogens (tertiary/aromatic N) is 2. The van der Waals surface area contributed by atoms with Gasteiger partial charge in [-0.2, -0.15) is 5.10 Å². The van der Waals surface area contributed by atoms with Crippen LogP contribution >= 0.6 is 0 Å². The molecule has 1 aromatic heterocycles. The molecular formula is C9H12N2O3. The van der Waals surface area contributed by atoms with Crippen LogP contribution in [0.15, 0.2) is 6.20 Å². The van der Waals surface area contributed by atoms with E-state index in [0.29, 0.717) is 12.3 Å². The average molecular weight is 196 g/mol. The van der Waals surface area contributed by atoms with E-state index >= 15 is 0 Å². The number of ether oxygens (including phenoxy) is 1. The summed E-state index contributed by atoms with van der Waals surface area (Å²) < 4.78 is 6.97. The number of carboxylic acids is 1. The van der Waals surface area contributed by atoms with E-state index in [2.05, 4.69) is 5.10 Å². The number of rotatable bonds is 2. The minimum atomic E-state index is -0.923. The number of hydrogen-bond donors (Lipinski definition) is 1. The Morgan fingerprint density at radius 2 is 2.57 bits per heavy atom. The predicted molar refractivity (Wildman–Crippen MR) is 48.4 cm³/mol. The summed E-state index contributed by atoms with van der Waals surface area (Å²) in [6.45, 7) is 3.13. The van der Waals surface area contributed by atoms with Gasteiger partial charge in [0.2, 0.25) is 0 Å². The first kappa shape index (κ1) is 9.21. The lowest BCUT2D eigenvalue weighted by Gasteiger charge is -2.10. The fourth-order valence-electron chi connectivity index (χ4n) is 1.72. The summed E-state index contributed by atoms with van der Waals surface area (Å²) >= 11 is 0. The molecule has 14 heavy (non-hydrogen) atoms. The fraction of sp³-hybridized carbons (Fsp3) is 0.556. The zero-order chi connectivity index (χ0) is 10.1. The summed E-state index contributed by atoms with van der Waals surface area (Å²) in [7, 11) is 0. The Morgan fingerprint density at radius 1 is 1.79 bits per heavy atom. The molecule has 0 bridgehead atoms. The maximum absolute atomic E-state index is 10.8. The minimum absolute atomic E-state index is 0.197. The molecule has 0 unspecified atom stereocenters. The molecule has 1 aliphatic heterocycles. The normalized spacial score (nSPS) is 21.4. The van der Waals surface area contributed by atoms with Gasteiger partial charge in [0, 0.05) is 6.61 Å². The largest absolute Gasteiger partial charge is 0.478 e. The summed E-state index contributed by atoms with van der Waals surface area (Å²) in [5, 5.41) is 12.9. The van der Waals surface area contributed by atoms with Crippen molar-refractivity contribution in [2.75, 3.05) is 13.2 Å². The van der Waals surface area contributed by atoms with Crippen LogP contribution in [0.4, 0.5) is 0 Å². The van der Waals surface area contributed by atoms with Crippen LogP contribution in [0, 0.1) is 6.92 Å². The van der Waals surface area contributed by atoms with Crippen molar-refractivity contribution >= 4 is 5.97 Å². The number of carboxylic acid groups (broad SMARTS) is 1. The van der Waals surface area contributed by atoms with Crippen LogP contribution in [0.2, 0.25) is 0 Å². The molecule has 1 aliphatic rings. The lowest BCUT2D eigenvalue weighted by Crippen LogP contribution is -2.12. The SMILES string of the molecule is Cc1c(C(=O)O)cnn1[C@H]1CCOC1. The fourth-order valence-corrected chi connectivity index (χ4v) is 1.72. The van der Waals surface area contributed by atoms with Crippen molar-refractivity contribution in [2.45, 2.75) is 19.4 Å². The highest BCUT2D eigenvalue weighted by atomic mass is 16.5. The third-order valence-electron chi connectivity index (χ3n) is 2.53. The van der Waals surface area contributed by atoms with E-state index in [0.717, 1.165) is 13.0 Å². The third-order valence-corrected chi connectivity index (χ3v) is 2.53.